The van der Waals surface area contributed by atoms with Crippen LogP contribution in [0.1, 0.15) is 11.9 Å². The highest BCUT2D eigenvalue weighted by Crippen LogP contribution is 2.32. The van der Waals surface area contributed by atoms with Crippen LogP contribution in [0.15, 0.2) is 12.1 Å². The van der Waals surface area contributed by atoms with Crippen LogP contribution in [-0.4, -0.2) is 18.6 Å². The van der Waals surface area contributed by atoms with Gasteiger partial charge in [0.1, 0.15) is 5.75 Å². The molecule has 0 aliphatic carbocycles. The molecular weight excluding hydrogens is 208 g/mol. The molecule has 1 aromatic heterocycles. The molecule has 15 heavy (non-hydrogen) atoms. The topological polar surface area (TPSA) is 34.1 Å². The Kier molecular flexibility index (Phi) is 2.77. The van der Waals surface area contributed by atoms with Crippen LogP contribution in [0.5, 0.6) is 5.75 Å². The average molecular weight is 222 g/mol. The summed E-state index contributed by atoms with van der Waals surface area (Å²) in [5.74, 6) is 0.873. The number of hydrogen-bond acceptors (Lipinski definition) is 4. The standard InChI is InChI=1S/C11H14N2OS/c1-4-14-10-5-9-11(6-8(10)12-3)15-7(2)13-9/h5-6,12H,4H2,1-3H3. The molecule has 0 amide bonds. The van der Waals surface area contributed by atoms with Crippen LogP contribution in [0, 0.1) is 6.92 Å². The summed E-state index contributed by atoms with van der Waals surface area (Å²) in [4.78, 5) is 4.44. The van der Waals surface area contributed by atoms with E-state index in [9.17, 15) is 0 Å². The molecule has 80 valence electrons. The Morgan fingerprint density at radius 1 is 1.47 bits per heavy atom. The Balaban J connectivity index is 2.57. The van der Waals surface area contributed by atoms with Crippen LogP contribution >= 0.6 is 11.3 Å². The van der Waals surface area contributed by atoms with Crippen molar-refractivity contribution in [2.75, 3.05) is 19.0 Å². The maximum Gasteiger partial charge on any atom is 0.144 e. The van der Waals surface area contributed by atoms with Gasteiger partial charge in [-0.05, 0) is 19.9 Å². The maximum absolute atomic E-state index is 5.55. The van der Waals surface area contributed by atoms with Gasteiger partial charge in [-0.2, -0.15) is 0 Å². The first kappa shape index (κ1) is 10.2. The molecule has 0 fully saturated rings. The lowest BCUT2D eigenvalue weighted by Gasteiger charge is -2.09. The molecule has 4 heteroatoms. The lowest BCUT2D eigenvalue weighted by atomic mass is 10.2. The van der Waals surface area contributed by atoms with Gasteiger partial charge in [-0.1, -0.05) is 0 Å². The fourth-order valence-corrected chi connectivity index (χ4v) is 2.39. The molecular formula is C11H14N2OS. The quantitative estimate of drug-likeness (QED) is 0.866. The number of aromatic nitrogens is 1. The van der Waals surface area contributed by atoms with Gasteiger partial charge in [-0.15, -0.1) is 11.3 Å². The molecule has 1 heterocycles. The van der Waals surface area contributed by atoms with E-state index in [0.29, 0.717) is 6.61 Å². The highest BCUT2D eigenvalue weighted by molar-refractivity contribution is 7.18. The van der Waals surface area contributed by atoms with Gasteiger partial charge in [0.05, 0.1) is 27.5 Å². The Labute approximate surface area is 93.1 Å². The van der Waals surface area contributed by atoms with Crippen molar-refractivity contribution in [1.82, 2.24) is 4.98 Å². The minimum atomic E-state index is 0.670. The second-order valence-electron chi connectivity index (χ2n) is 3.23. The van der Waals surface area contributed by atoms with E-state index >= 15 is 0 Å². The number of nitrogens with zero attached hydrogens (tertiary/aromatic N) is 1. The molecule has 0 saturated carbocycles. The van der Waals surface area contributed by atoms with Crippen LogP contribution < -0.4 is 10.1 Å². The van der Waals surface area contributed by atoms with Gasteiger partial charge in [0.2, 0.25) is 0 Å². The third kappa shape index (κ3) is 1.90. The number of benzene rings is 1. The fourth-order valence-electron chi connectivity index (χ4n) is 1.54. The Morgan fingerprint density at radius 3 is 2.93 bits per heavy atom. The lowest BCUT2D eigenvalue weighted by Crippen LogP contribution is -1.97. The van der Waals surface area contributed by atoms with Gasteiger partial charge in [0, 0.05) is 13.1 Å². The van der Waals surface area contributed by atoms with Gasteiger partial charge in [0.15, 0.2) is 0 Å². The molecule has 2 rings (SSSR count). The smallest absolute Gasteiger partial charge is 0.144 e. The molecule has 1 aromatic carbocycles. The van der Waals surface area contributed by atoms with E-state index in [1.807, 2.05) is 27.0 Å². The zero-order chi connectivity index (χ0) is 10.8. The maximum atomic E-state index is 5.55. The number of aryl methyl sites for hydroxylation is 1. The predicted molar refractivity (Wildman–Crippen MR) is 65.1 cm³/mol. The van der Waals surface area contributed by atoms with Crippen molar-refractivity contribution in [3.63, 3.8) is 0 Å². The summed E-state index contributed by atoms with van der Waals surface area (Å²) in [6.07, 6.45) is 0. The molecule has 0 saturated heterocycles. The minimum absolute atomic E-state index is 0.670. The van der Waals surface area contributed by atoms with Crippen LogP contribution in [-0.2, 0) is 0 Å². The number of anilines is 1. The molecule has 0 radical (unpaired) electrons. The summed E-state index contributed by atoms with van der Waals surface area (Å²) in [5.41, 5.74) is 2.04. The van der Waals surface area contributed by atoms with Crippen molar-refractivity contribution in [1.29, 1.82) is 0 Å². The van der Waals surface area contributed by atoms with Crippen LogP contribution in [0.25, 0.3) is 10.2 Å². The summed E-state index contributed by atoms with van der Waals surface area (Å²) in [5, 5.41) is 4.22. The van der Waals surface area contributed by atoms with Crippen molar-refractivity contribution in [3.8, 4) is 5.75 Å². The van der Waals surface area contributed by atoms with E-state index in [0.717, 1.165) is 22.0 Å². The van der Waals surface area contributed by atoms with Crippen molar-refractivity contribution in [2.24, 2.45) is 0 Å². The van der Waals surface area contributed by atoms with Crippen LogP contribution in [0.2, 0.25) is 0 Å². The van der Waals surface area contributed by atoms with Gasteiger partial charge in [-0.3, -0.25) is 0 Å². The highest BCUT2D eigenvalue weighted by atomic mass is 32.1. The van der Waals surface area contributed by atoms with E-state index in [2.05, 4.69) is 16.4 Å². The molecule has 1 N–H and O–H groups in total. The van der Waals surface area contributed by atoms with Crippen molar-refractivity contribution >= 4 is 27.2 Å². The molecule has 2 aromatic rings. The third-order valence-corrected chi connectivity index (χ3v) is 3.10. The molecule has 0 aliphatic heterocycles. The summed E-state index contributed by atoms with van der Waals surface area (Å²) in [6.45, 7) is 4.67. The summed E-state index contributed by atoms with van der Waals surface area (Å²) in [7, 11) is 1.90. The van der Waals surface area contributed by atoms with E-state index in [-0.39, 0.29) is 0 Å². The molecule has 0 aliphatic rings. The van der Waals surface area contributed by atoms with Crippen molar-refractivity contribution in [2.45, 2.75) is 13.8 Å². The number of thiazole rings is 1. The minimum Gasteiger partial charge on any atom is -0.492 e. The SMILES string of the molecule is CCOc1cc2nc(C)sc2cc1NC. The zero-order valence-electron chi connectivity index (χ0n) is 9.13. The molecule has 3 nitrogen and oxygen atoms in total. The third-order valence-electron chi connectivity index (χ3n) is 2.17. The van der Waals surface area contributed by atoms with Crippen LogP contribution in [0.3, 0.4) is 0 Å². The predicted octanol–water partition coefficient (Wildman–Crippen LogP) is 3.05. The molecule has 0 unspecified atom stereocenters. The monoisotopic (exact) mass is 222 g/mol. The van der Waals surface area contributed by atoms with Crippen LogP contribution in [0.4, 0.5) is 5.69 Å². The number of hydrogen-bond donors (Lipinski definition) is 1. The van der Waals surface area contributed by atoms with Gasteiger partial charge in [0.25, 0.3) is 0 Å². The van der Waals surface area contributed by atoms with Gasteiger partial charge in [-0.25, -0.2) is 4.98 Å². The Morgan fingerprint density at radius 2 is 2.27 bits per heavy atom. The van der Waals surface area contributed by atoms with E-state index in [4.69, 9.17) is 4.74 Å². The second kappa shape index (κ2) is 4.06. The zero-order valence-corrected chi connectivity index (χ0v) is 9.94. The molecule has 0 spiro atoms. The van der Waals surface area contributed by atoms with Crippen molar-refractivity contribution < 1.29 is 4.74 Å². The van der Waals surface area contributed by atoms with E-state index in [1.54, 1.807) is 11.3 Å². The Bertz CT molecular complexity index is 479. The number of ether oxygens (including phenoxy) is 1. The summed E-state index contributed by atoms with van der Waals surface area (Å²) in [6, 6.07) is 4.08. The van der Waals surface area contributed by atoms with Crippen molar-refractivity contribution in [3.05, 3.63) is 17.1 Å². The lowest BCUT2D eigenvalue weighted by molar-refractivity contribution is 0.342. The second-order valence-corrected chi connectivity index (χ2v) is 4.47. The number of nitrogens with one attached hydrogen (secondary N) is 1. The number of fused-ring (bicyclic) bond motifs is 1. The van der Waals surface area contributed by atoms with E-state index in [1.165, 1.54) is 4.70 Å². The Hall–Kier alpha value is -1.29. The first-order chi connectivity index (χ1) is 7.24. The summed E-state index contributed by atoms with van der Waals surface area (Å²) >= 11 is 1.70. The fraction of sp³-hybridized carbons (Fsp3) is 0.364. The van der Waals surface area contributed by atoms with E-state index < -0.39 is 0 Å². The van der Waals surface area contributed by atoms with Gasteiger partial charge >= 0.3 is 0 Å². The largest absolute Gasteiger partial charge is 0.492 e. The number of rotatable bonds is 3. The molecule has 0 atom stereocenters. The first-order valence-corrected chi connectivity index (χ1v) is 5.78. The van der Waals surface area contributed by atoms with Gasteiger partial charge < -0.3 is 10.1 Å². The normalized spacial score (nSPS) is 10.6. The average Bonchev–Trinajstić information content (AvgIpc) is 2.56. The summed E-state index contributed by atoms with van der Waals surface area (Å²) < 4.78 is 6.74. The molecule has 0 bridgehead atoms. The first-order valence-electron chi connectivity index (χ1n) is 4.96. The highest BCUT2D eigenvalue weighted by Gasteiger charge is 2.07.